The number of benzene rings is 1. The maximum absolute atomic E-state index is 9.20. The van der Waals surface area contributed by atoms with Crippen molar-refractivity contribution >= 4 is 53.5 Å². The van der Waals surface area contributed by atoms with E-state index >= 15 is 0 Å². The summed E-state index contributed by atoms with van der Waals surface area (Å²) in [5.74, 6) is 0. The number of anilines is 1. The lowest BCUT2D eigenvalue weighted by molar-refractivity contribution is 0.105. The summed E-state index contributed by atoms with van der Waals surface area (Å²) in [5, 5.41) is 20.9. The van der Waals surface area contributed by atoms with Crippen LogP contribution in [0.15, 0.2) is 25.6 Å². The van der Waals surface area contributed by atoms with Crippen molar-refractivity contribution in [3.05, 3.63) is 25.6 Å². The van der Waals surface area contributed by atoms with Gasteiger partial charge in [-0.2, -0.15) is 0 Å². The van der Waals surface area contributed by atoms with Gasteiger partial charge in [-0.1, -0.05) is 15.9 Å². The van der Waals surface area contributed by atoms with E-state index in [-0.39, 0.29) is 6.61 Å². The molecule has 0 radical (unpaired) electrons. The first-order valence-corrected chi connectivity index (χ1v) is 6.60. The average molecular weight is 404 g/mol. The molecule has 6 heteroatoms. The zero-order valence-corrected chi connectivity index (χ0v) is 12.4. The van der Waals surface area contributed by atoms with E-state index in [1.807, 2.05) is 12.1 Å². The van der Waals surface area contributed by atoms with Crippen molar-refractivity contribution in [3.8, 4) is 0 Å². The molecule has 0 saturated heterocycles. The van der Waals surface area contributed by atoms with E-state index in [4.69, 9.17) is 5.11 Å². The SMILES string of the molecule is OCC(O)CNc1c(Br)cc(Br)cc1Br. The quantitative estimate of drug-likeness (QED) is 0.724. The first kappa shape index (κ1) is 13.4. The van der Waals surface area contributed by atoms with Gasteiger partial charge in [-0.05, 0) is 44.0 Å². The third kappa shape index (κ3) is 4.03. The largest absolute Gasteiger partial charge is 0.394 e. The summed E-state index contributed by atoms with van der Waals surface area (Å²) >= 11 is 10.2. The Kier molecular flexibility index (Phi) is 5.56. The highest BCUT2D eigenvalue weighted by atomic mass is 79.9. The molecule has 0 aliphatic rings. The van der Waals surface area contributed by atoms with Crippen LogP contribution in [0.5, 0.6) is 0 Å². The van der Waals surface area contributed by atoms with Crippen LogP contribution in [0.2, 0.25) is 0 Å². The van der Waals surface area contributed by atoms with Gasteiger partial charge in [-0.15, -0.1) is 0 Å². The highest BCUT2D eigenvalue weighted by Gasteiger charge is 2.08. The molecule has 1 aromatic carbocycles. The summed E-state index contributed by atoms with van der Waals surface area (Å²) in [4.78, 5) is 0. The monoisotopic (exact) mass is 401 g/mol. The first-order valence-electron chi connectivity index (χ1n) is 4.22. The molecule has 3 nitrogen and oxygen atoms in total. The van der Waals surface area contributed by atoms with Crippen molar-refractivity contribution in [2.45, 2.75) is 6.10 Å². The molecule has 1 atom stereocenters. The average Bonchev–Trinajstić information content (AvgIpc) is 2.15. The van der Waals surface area contributed by atoms with Crippen LogP contribution in [0.3, 0.4) is 0 Å². The second-order valence-electron chi connectivity index (χ2n) is 2.96. The van der Waals surface area contributed by atoms with Gasteiger partial charge >= 0.3 is 0 Å². The second kappa shape index (κ2) is 6.20. The van der Waals surface area contributed by atoms with E-state index in [0.717, 1.165) is 19.1 Å². The summed E-state index contributed by atoms with van der Waals surface area (Å²) in [7, 11) is 0. The number of aliphatic hydroxyl groups excluding tert-OH is 2. The van der Waals surface area contributed by atoms with Crippen LogP contribution < -0.4 is 5.32 Å². The maximum Gasteiger partial charge on any atom is 0.0942 e. The Bertz CT molecular complexity index is 323. The van der Waals surface area contributed by atoms with Gasteiger partial charge in [0, 0.05) is 20.0 Å². The smallest absolute Gasteiger partial charge is 0.0942 e. The van der Waals surface area contributed by atoms with E-state index in [2.05, 4.69) is 53.1 Å². The predicted molar refractivity (Wildman–Crippen MR) is 71.1 cm³/mol. The number of halogens is 3. The molecule has 1 unspecified atom stereocenters. The lowest BCUT2D eigenvalue weighted by atomic mass is 10.3. The van der Waals surface area contributed by atoms with Crippen LogP contribution in [0.4, 0.5) is 5.69 Å². The van der Waals surface area contributed by atoms with Crippen LogP contribution in [-0.2, 0) is 0 Å². The number of hydrogen-bond donors (Lipinski definition) is 3. The fourth-order valence-corrected chi connectivity index (χ4v) is 3.53. The van der Waals surface area contributed by atoms with Crippen molar-refractivity contribution < 1.29 is 10.2 Å². The van der Waals surface area contributed by atoms with E-state index in [9.17, 15) is 5.11 Å². The molecule has 0 aliphatic heterocycles. The van der Waals surface area contributed by atoms with Crippen LogP contribution in [0, 0.1) is 0 Å². The normalized spacial score (nSPS) is 12.6. The van der Waals surface area contributed by atoms with Crippen molar-refractivity contribution in [3.63, 3.8) is 0 Å². The number of rotatable bonds is 4. The van der Waals surface area contributed by atoms with Crippen LogP contribution in [0.1, 0.15) is 0 Å². The summed E-state index contributed by atoms with van der Waals surface area (Å²) in [6.45, 7) is 0.0497. The topological polar surface area (TPSA) is 52.5 Å². The Labute approximate surface area is 113 Å². The summed E-state index contributed by atoms with van der Waals surface area (Å²) in [6, 6.07) is 3.80. The molecule has 3 N–H and O–H groups in total. The van der Waals surface area contributed by atoms with Gasteiger partial charge in [-0.25, -0.2) is 0 Å². The molecule has 0 spiro atoms. The van der Waals surface area contributed by atoms with E-state index in [1.54, 1.807) is 0 Å². The van der Waals surface area contributed by atoms with Gasteiger partial charge in [0.1, 0.15) is 0 Å². The zero-order chi connectivity index (χ0) is 11.4. The minimum Gasteiger partial charge on any atom is -0.394 e. The highest BCUT2D eigenvalue weighted by Crippen LogP contribution is 2.34. The van der Waals surface area contributed by atoms with Crippen molar-refractivity contribution in [2.24, 2.45) is 0 Å². The van der Waals surface area contributed by atoms with Crippen molar-refractivity contribution in [1.82, 2.24) is 0 Å². The standard InChI is InChI=1S/C9H10Br3NO2/c10-5-1-7(11)9(8(12)2-5)13-3-6(15)4-14/h1-2,6,13-15H,3-4H2. The van der Waals surface area contributed by atoms with Crippen molar-refractivity contribution in [2.75, 3.05) is 18.5 Å². The number of aliphatic hydroxyl groups is 2. The Morgan fingerprint density at radius 1 is 1.20 bits per heavy atom. The molecule has 0 heterocycles. The molecular formula is C9H10Br3NO2. The molecule has 0 amide bonds. The summed E-state index contributed by atoms with van der Waals surface area (Å²) in [5.41, 5.74) is 0.853. The fraction of sp³-hybridized carbons (Fsp3) is 0.333. The van der Waals surface area contributed by atoms with Crippen LogP contribution in [-0.4, -0.2) is 29.5 Å². The molecule has 1 rings (SSSR count). The lowest BCUT2D eigenvalue weighted by Gasteiger charge is -2.13. The van der Waals surface area contributed by atoms with E-state index in [0.29, 0.717) is 6.54 Å². The minimum absolute atomic E-state index is 0.251. The van der Waals surface area contributed by atoms with Gasteiger partial charge in [0.25, 0.3) is 0 Å². The predicted octanol–water partition coefficient (Wildman–Crippen LogP) is 2.74. The number of hydrogen-bond acceptors (Lipinski definition) is 3. The Balaban J connectivity index is 2.77. The third-order valence-electron chi connectivity index (χ3n) is 1.73. The fourth-order valence-electron chi connectivity index (χ4n) is 0.996. The molecule has 0 saturated carbocycles. The summed E-state index contributed by atoms with van der Waals surface area (Å²) < 4.78 is 2.72. The highest BCUT2D eigenvalue weighted by molar-refractivity contribution is 9.11. The van der Waals surface area contributed by atoms with Gasteiger partial charge in [0.05, 0.1) is 18.4 Å². The van der Waals surface area contributed by atoms with Gasteiger partial charge in [0.2, 0.25) is 0 Å². The Morgan fingerprint density at radius 2 is 1.73 bits per heavy atom. The van der Waals surface area contributed by atoms with Gasteiger partial charge in [0.15, 0.2) is 0 Å². The maximum atomic E-state index is 9.20. The molecule has 15 heavy (non-hydrogen) atoms. The molecule has 0 bridgehead atoms. The minimum atomic E-state index is -0.757. The molecular weight excluding hydrogens is 394 g/mol. The molecule has 0 fully saturated rings. The van der Waals surface area contributed by atoms with E-state index in [1.165, 1.54) is 0 Å². The van der Waals surface area contributed by atoms with Gasteiger partial charge in [-0.3, -0.25) is 0 Å². The lowest BCUT2D eigenvalue weighted by Crippen LogP contribution is -2.23. The van der Waals surface area contributed by atoms with Crippen LogP contribution in [0.25, 0.3) is 0 Å². The molecule has 0 aromatic heterocycles. The first-order chi connectivity index (χ1) is 7.04. The summed E-state index contributed by atoms with van der Waals surface area (Å²) in [6.07, 6.45) is -0.757. The zero-order valence-electron chi connectivity index (χ0n) is 7.67. The molecule has 0 aliphatic carbocycles. The third-order valence-corrected chi connectivity index (χ3v) is 3.44. The Morgan fingerprint density at radius 3 is 2.20 bits per heavy atom. The van der Waals surface area contributed by atoms with Crippen molar-refractivity contribution in [1.29, 1.82) is 0 Å². The second-order valence-corrected chi connectivity index (χ2v) is 5.59. The molecule has 1 aromatic rings. The molecule has 84 valence electrons. The number of nitrogens with one attached hydrogen (secondary N) is 1. The van der Waals surface area contributed by atoms with Crippen LogP contribution >= 0.6 is 47.8 Å². The Hall–Kier alpha value is 0.380. The van der Waals surface area contributed by atoms with Gasteiger partial charge < -0.3 is 15.5 Å². The van der Waals surface area contributed by atoms with E-state index < -0.39 is 6.10 Å².